The maximum atomic E-state index is 12.4. The smallest absolute Gasteiger partial charge is 0.345 e. The van der Waals surface area contributed by atoms with Gasteiger partial charge in [0.05, 0.1) is 6.04 Å². The maximum Gasteiger partial charge on any atom is 0.345 e. The number of carbonyl (C=O) groups is 1. The molecular formula is C15H19N5O3. The second-order valence-corrected chi connectivity index (χ2v) is 5.49. The first-order valence-electron chi connectivity index (χ1n) is 7.60. The van der Waals surface area contributed by atoms with E-state index in [0.717, 1.165) is 12.4 Å². The Balaban J connectivity index is 1.78. The van der Waals surface area contributed by atoms with E-state index in [1.54, 1.807) is 19.2 Å². The second kappa shape index (κ2) is 6.33. The van der Waals surface area contributed by atoms with Crippen molar-refractivity contribution in [2.75, 3.05) is 6.61 Å². The average Bonchev–Trinajstić information content (AvgIpc) is 3.13. The third kappa shape index (κ3) is 3.16. The minimum atomic E-state index is -0.532. The number of imidazole rings is 1. The van der Waals surface area contributed by atoms with Crippen molar-refractivity contribution in [3.8, 4) is 0 Å². The molecule has 8 nitrogen and oxygen atoms in total. The lowest BCUT2D eigenvalue weighted by molar-refractivity contribution is 0.0772. The maximum absolute atomic E-state index is 12.4. The van der Waals surface area contributed by atoms with E-state index in [0.29, 0.717) is 18.7 Å². The van der Waals surface area contributed by atoms with Crippen molar-refractivity contribution in [3.05, 3.63) is 46.2 Å². The molecule has 23 heavy (non-hydrogen) atoms. The molecule has 1 saturated heterocycles. The first kappa shape index (κ1) is 15.4. The molecule has 1 amide bonds. The van der Waals surface area contributed by atoms with Gasteiger partial charge in [-0.3, -0.25) is 4.79 Å². The molecule has 3 heterocycles. The molecule has 1 aliphatic rings. The summed E-state index contributed by atoms with van der Waals surface area (Å²) in [5.74, 6) is 0.416. The molecule has 8 heteroatoms. The highest BCUT2D eigenvalue weighted by molar-refractivity contribution is 5.92. The Morgan fingerprint density at radius 3 is 3.13 bits per heavy atom. The number of carbonyl (C=O) groups excluding carboxylic acids is 1. The summed E-state index contributed by atoms with van der Waals surface area (Å²) in [6.07, 6.45) is 4.00. The van der Waals surface area contributed by atoms with Gasteiger partial charge in [0.25, 0.3) is 5.91 Å². The van der Waals surface area contributed by atoms with E-state index in [-0.39, 0.29) is 23.7 Å². The molecule has 3 rings (SSSR count). The number of ether oxygens (including phenoxy) is 1. The van der Waals surface area contributed by atoms with Gasteiger partial charge in [-0.15, -0.1) is 0 Å². The van der Waals surface area contributed by atoms with Crippen molar-refractivity contribution in [1.82, 2.24) is 24.8 Å². The van der Waals surface area contributed by atoms with Crippen molar-refractivity contribution < 1.29 is 9.53 Å². The summed E-state index contributed by atoms with van der Waals surface area (Å²) >= 11 is 0. The number of hydrogen-bond donors (Lipinski definition) is 2. The molecule has 122 valence electrons. The minimum Gasteiger partial charge on any atom is -0.368 e. The van der Waals surface area contributed by atoms with Crippen LogP contribution in [-0.4, -0.2) is 38.1 Å². The molecule has 0 radical (unpaired) electrons. The van der Waals surface area contributed by atoms with Crippen LogP contribution in [0.2, 0.25) is 0 Å². The molecule has 0 spiro atoms. The topological polar surface area (TPSA) is 102 Å². The Labute approximate surface area is 132 Å². The van der Waals surface area contributed by atoms with Gasteiger partial charge in [0, 0.05) is 31.2 Å². The molecule has 1 fully saturated rings. The van der Waals surface area contributed by atoms with Gasteiger partial charge in [0.15, 0.2) is 0 Å². The molecule has 2 aromatic heterocycles. The average molecular weight is 317 g/mol. The molecule has 2 aromatic rings. The lowest BCUT2D eigenvalue weighted by atomic mass is 10.1. The Hall–Kier alpha value is -2.48. The summed E-state index contributed by atoms with van der Waals surface area (Å²) in [7, 11) is 0. The number of aryl methyl sites for hydroxylation is 2. The number of aromatic nitrogens is 4. The molecule has 2 atom stereocenters. The lowest BCUT2D eigenvalue weighted by Crippen LogP contribution is -2.38. The first-order chi connectivity index (χ1) is 11.1. The van der Waals surface area contributed by atoms with Gasteiger partial charge in [-0.2, -0.15) is 4.98 Å². The summed E-state index contributed by atoms with van der Waals surface area (Å²) in [6, 6.07) is 1.35. The zero-order valence-electron chi connectivity index (χ0n) is 13.1. The van der Waals surface area contributed by atoms with Crippen molar-refractivity contribution >= 4 is 5.91 Å². The molecule has 0 aromatic carbocycles. The van der Waals surface area contributed by atoms with Gasteiger partial charge in [-0.05, 0) is 26.3 Å². The molecule has 0 aliphatic carbocycles. The van der Waals surface area contributed by atoms with Crippen LogP contribution in [-0.2, 0) is 11.3 Å². The fourth-order valence-electron chi connectivity index (χ4n) is 2.77. The zero-order chi connectivity index (χ0) is 16.4. The number of aromatic amines is 1. The Kier molecular flexibility index (Phi) is 4.24. The highest BCUT2D eigenvalue weighted by atomic mass is 16.5. The van der Waals surface area contributed by atoms with E-state index in [1.165, 1.54) is 0 Å². The van der Waals surface area contributed by atoms with E-state index < -0.39 is 5.69 Å². The summed E-state index contributed by atoms with van der Waals surface area (Å²) in [5, 5.41) is 2.91. The normalized spacial score (nSPS) is 20.6. The monoisotopic (exact) mass is 317 g/mol. The largest absolute Gasteiger partial charge is 0.368 e. The number of hydrogen-bond acceptors (Lipinski definition) is 5. The molecular weight excluding hydrogens is 298 g/mol. The lowest BCUT2D eigenvalue weighted by Gasteiger charge is -2.20. The van der Waals surface area contributed by atoms with Crippen LogP contribution in [0.1, 0.15) is 41.5 Å². The Bertz CT molecular complexity index is 766. The predicted molar refractivity (Wildman–Crippen MR) is 82.1 cm³/mol. The van der Waals surface area contributed by atoms with Gasteiger partial charge in [0.2, 0.25) is 0 Å². The molecule has 0 unspecified atom stereocenters. The Morgan fingerprint density at radius 1 is 1.57 bits per heavy atom. The van der Waals surface area contributed by atoms with Crippen molar-refractivity contribution in [2.24, 2.45) is 0 Å². The Morgan fingerprint density at radius 2 is 2.39 bits per heavy atom. The SMILES string of the molecule is CCn1ccnc1[C@H]1OCC[C@@H]1NC(=O)c1cc(C)[nH]c(=O)n1. The highest BCUT2D eigenvalue weighted by Gasteiger charge is 2.34. The van der Waals surface area contributed by atoms with Gasteiger partial charge >= 0.3 is 5.69 Å². The summed E-state index contributed by atoms with van der Waals surface area (Å²) in [5.41, 5.74) is 0.169. The highest BCUT2D eigenvalue weighted by Crippen LogP contribution is 2.28. The van der Waals surface area contributed by atoms with Gasteiger partial charge in [-0.25, -0.2) is 9.78 Å². The van der Waals surface area contributed by atoms with Crippen LogP contribution in [0.25, 0.3) is 0 Å². The van der Waals surface area contributed by atoms with E-state index in [2.05, 4.69) is 20.3 Å². The standard InChI is InChI=1S/C15H19N5O3/c1-3-20-6-5-16-13(20)12-10(4-7-23-12)18-14(21)11-8-9(2)17-15(22)19-11/h5-6,8,10,12H,3-4,7H2,1-2H3,(H,18,21)(H,17,19,22)/t10-,12-/m0/s1. The number of nitrogens with one attached hydrogen (secondary N) is 2. The number of amides is 1. The molecule has 0 saturated carbocycles. The van der Waals surface area contributed by atoms with Crippen molar-refractivity contribution in [1.29, 1.82) is 0 Å². The number of H-pyrrole nitrogens is 1. The van der Waals surface area contributed by atoms with E-state index in [9.17, 15) is 9.59 Å². The van der Waals surface area contributed by atoms with Crippen LogP contribution in [0.3, 0.4) is 0 Å². The number of rotatable bonds is 4. The van der Waals surface area contributed by atoms with Crippen LogP contribution in [0, 0.1) is 6.92 Å². The van der Waals surface area contributed by atoms with Gasteiger partial charge in [-0.1, -0.05) is 0 Å². The molecule has 2 N–H and O–H groups in total. The number of nitrogens with zero attached hydrogens (tertiary/aromatic N) is 3. The van der Waals surface area contributed by atoms with Gasteiger partial charge in [0.1, 0.15) is 17.6 Å². The van der Waals surface area contributed by atoms with E-state index in [4.69, 9.17) is 4.74 Å². The van der Waals surface area contributed by atoms with Crippen LogP contribution in [0.4, 0.5) is 0 Å². The van der Waals surface area contributed by atoms with E-state index >= 15 is 0 Å². The van der Waals surface area contributed by atoms with Crippen molar-refractivity contribution in [3.63, 3.8) is 0 Å². The zero-order valence-corrected chi connectivity index (χ0v) is 13.1. The van der Waals surface area contributed by atoms with Crippen LogP contribution < -0.4 is 11.0 Å². The molecule has 0 bridgehead atoms. The van der Waals surface area contributed by atoms with Crippen molar-refractivity contribution in [2.45, 2.75) is 39.0 Å². The van der Waals surface area contributed by atoms with Crippen LogP contribution >= 0.6 is 0 Å². The predicted octanol–water partition coefficient (Wildman–Crippen LogP) is 0.555. The summed E-state index contributed by atoms with van der Waals surface area (Å²) in [4.78, 5) is 34.3. The van der Waals surface area contributed by atoms with E-state index in [1.807, 2.05) is 17.7 Å². The van der Waals surface area contributed by atoms with Crippen LogP contribution in [0.5, 0.6) is 0 Å². The fourth-order valence-corrected chi connectivity index (χ4v) is 2.77. The quantitative estimate of drug-likeness (QED) is 0.857. The summed E-state index contributed by atoms with van der Waals surface area (Å²) < 4.78 is 7.74. The fraction of sp³-hybridized carbons (Fsp3) is 0.467. The van der Waals surface area contributed by atoms with Crippen LogP contribution in [0.15, 0.2) is 23.3 Å². The molecule has 1 aliphatic heterocycles. The minimum absolute atomic E-state index is 0.107. The third-order valence-electron chi connectivity index (χ3n) is 3.86. The van der Waals surface area contributed by atoms with Gasteiger partial charge < -0.3 is 19.6 Å². The first-order valence-corrected chi connectivity index (χ1v) is 7.60. The third-order valence-corrected chi connectivity index (χ3v) is 3.86. The summed E-state index contributed by atoms with van der Waals surface area (Å²) in [6.45, 7) is 5.06. The second-order valence-electron chi connectivity index (χ2n) is 5.49.